The summed E-state index contributed by atoms with van der Waals surface area (Å²) in [6.45, 7) is 7.16. The van der Waals surface area contributed by atoms with Crippen LogP contribution in [0.5, 0.6) is 0 Å². The molecule has 7 nitrogen and oxygen atoms in total. The Hall–Kier alpha value is -2.83. The van der Waals surface area contributed by atoms with Gasteiger partial charge in [-0.1, -0.05) is 12.1 Å². The molecule has 0 aromatic heterocycles. The Bertz CT molecular complexity index is 632. The van der Waals surface area contributed by atoms with Crippen molar-refractivity contribution in [2.24, 2.45) is 0 Å². The summed E-state index contributed by atoms with van der Waals surface area (Å²) >= 11 is 0. The summed E-state index contributed by atoms with van der Waals surface area (Å²) in [4.78, 5) is 34.8. The third-order valence-corrected chi connectivity index (χ3v) is 2.52. The summed E-state index contributed by atoms with van der Waals surface area (Å²) in [5.74, 6) is -0.966. The van der Waals surface area contributed by atoms with Gasteiger partial charge >= 0.3 is 12.1 Å². The molecule has 0 saturated carbocycles. The van der Waals surface area contributed by atoms with E-state index in [0.29, 0.717) is 17.7 Å². The normalized spacial score (nSPS) is 11.0. The van der Waals surface area contributed by atoms with Crippen molar-refractivity contribution in [3.63, 3.8) is 0 Å². The lowest BCUT2D eigenvalue weighted by molar-refractivity contribution is -0.137. The summed E-state index contributed by atoms with van der Waals surface area (Å²) in [6, 6.07) is 6.54. The number of ether oxygens (including phenoxy) is 2. The molecule has 1 rings (SSSR count). The first-order chi connectivity index (χ1) is 11.2. The second-order valence-corrected chi connectivity index (χ2v) is 5.79. The maximum atomic E-state index is 12.0. The molecule has 0 heterocycles. The molecule has 0 fully saturated rings. The number of hydrazine groups is 1. The summed E-state index contributed by atoms with van der Waals surface area (Å²) in [5, 5.41) is 0. The standard InChI is InChI=1S/C17H22N2O5/c1-5-23-14(20)10-9-12-7-6-8-13(11-12)15(21)18-19-16(22)24-17(2,3)4/h6-11H,5H2,1-4H3,(H,18,21)(H,19,22). The predicted molar refractivity (Wildman–Crippen MR) is 88.9 cm³/mol. The third-order valence-electron chi connectivity index (χ3n) is 2.52. The lowest BCUT2D eigenvalue weighted by atomic mass is 10.1. The first-order valence-corrected chi connectivity index (χ1v) is 7.45. The van der Waals surface area contributed by atoms with Crippen LogP contribution in [-0.2, 0) is 14.3 Å². The molecule has 2 N–H and O–H groups in total. The van der Waals surface area contributed by atoms with E-state index in [1.807, 2.05) is 0 Å². The van der Waals surface area contributed by atoms with E-state index in [2.05, 4.69) is 10.9 Å². The average molecular weight is 334 g/mol. The molecule has 0 aliphatic carbocycles. The van der Waals surface area contributed by atoms with Gasteiger partial charge < -0.3 is 9.47 Å². The first kappa shape index (κ1) is 19.2. The maximum absolute atomic E-state index is 12.0. The van der Waals surface area contributed by atoms with Crippen LogP contribution < -0.4 is 10.9 Å². The molecule has 0 saturated heterocycles. The Labute approximate surface area is 141 Å². The highest BCUT2D eigenvalue weighted by Gasteiger charge is 2.16. The molecule has 1 aromatic rings. The Balaban J connectivity index is 2.64. The van der Waals surface area contributed by atoms with Crippen LogP contribution >= 0.6 is 0 Å². The van der Waals surface area contributed by atoms with E-state index in [9.17, 15) is 14.4 Å². The van der Waals surface area contributed by atoms with Crippen molar-refractivity contribution in [1.82, 2.24) is 10.9 Å². The van der Waals surface area contributed by atoms with E-state index in [4.69, 9.17) is 9.47 Å². The van der Waals surface area contributed by atoms with Crippen molar-refractivity contribution in [2.45, 2.75) is 33.3 Å². The minimum absolute atomic E-state index is 0.294. The van der Waals surface area contributed by atoms with Crippen LogP contribution in [0, 0.1) is 0 Å². The van der Waals surface area contributed by atoms with Crippen molar-refractivity contribution >= 4 is 24.0 Å². The van der Waals surface area contributed by atoms with Crippen LogP contribution in [0.25, 0.3) is 6.08 Å². The molecule has 0 unspecified atom stereocenters. The molecule has 0 spiro atoms. The SMILES string of the molecule is CCOC(=O)C=Cc1cccc(C(=O)NNC(=O)OC(C)(C)C)c1. The number of rotatable bonds is 4. The fourth-order valence-corrected chi connectivity index (χ4v) is 1.62. The van der Waals surface area contributed by atoms with Crippen molar-refractivity contribution in [2.75, 3.05) is 6.61 Å². The molecule has 1 aromatic carbocycles. The van der Waals surface area contributed by atoms with E-state index in [1.165, 1.54) is 12.2 Å². The van der Waals surface area contributed by atoms with Gasteiger partial charge in [-0.2, -0.15) is 0 Å². The first-order valence-electron chi connectivity index (χ1n) is 7.45. The summed E-state index contributed by atoms with van der Waals surface area (Å²) in [6.07, 6.45) is 2.06. The van der Waals surface area contributed by atoms with E-state index < -0.39 is 23.6 Å². The smallest absolute Gasteiger partial charge is 0.426 e. The minimum atomic E-state index is -0.755. The molecule has 24 heavy (non-hydrogen) atoms. The van der Waals surface area contributed by atoms with Gasteiger partial charge in [-0.3, -0.25) is 10.2 Å². The number of nitrogens with one attached hydrogen (secondary N) is 2. The number of carbonyl (C=O) groups is 3. The highest BCUT2D eigenvalue weighted by molar-refractivity contribution is 5.95. The maximum Gasteiger partial charge on any atom is 0.426 e. The molecule has 0 atom stereocenters. The zero-order valence-corrected chi connectivity index (χ0v) is 14.2. The summed E-state index contributed by atoms with van der Waals surface area (Å²) in [7, 11) is 0. The lowest BCUT2D eigenvalue weighted by Crippen LogP contribution is -2.44. The molecule has 0 aliphatic heterocycles. The number of esters is 1. The largest absolute Gasteiger partial charge is 0.463 e. The highest BCUT2D eigenvalue weighted by Crippen LogP contribution is 2.08. The van der Waals surface area contributed by atoms with Gasteiger partial charge in [-0.05, 0) is 51.5 Å². The van der Waals surface area contributed by atoms with Crippen molar-refractivity contribution < 1.29 is 23.9 Å². The van der Waals surface area contributed by atoms with Crippen LogP contribution in [0.15, 0.2) is 30.3 Å². The van der Waals surface area contributed by atoms with Gasteiger partial charge in [0.05, 0.1) is 6.61 Å². The van der Waals surface area contributed by atoms with Gasteiger partial charge in [0.15, 0.2) is 0 Å². The van der Waals surface area contributed by atoms with E-state index in [1.54, 1.807) is 52.0 Å². The number of amides is 2. The predicted octanol–water partition coefficient (Wildman–Crippen LogP) is 2.43. The molecule has 2 amide bonds. The second kappa shape index (κ2) is 8.71. The average Bonchev–Trinajstić information content (AvgIpc) is 2.49. The third kappa shape index (κ3) is 7.44. The number of benzene rings is 1. The van der Waals surface area contributed by atoms with Gasteiger partial charge in [0.1, 0.15) is 5.60 Å². The Morgan fingerprint density at radius 2 is 1.88 bits per heavy atom. The van der Waals surface area contributed by atoms with E-state index in [0.717, 1.165) is 0 Å². The van der Waals surface area contributed by atoms with E-state index in [-0.39, 0.29) is 0 Å². The van der Waals surface area contributed by atoms with Gasteiger partial charge in [0.25, 0.3) is 5.91 Å². The van der Waals surface area contributed by atoms with Crippen LogP contribution in [0.1, 0.15) is 43.6 Å². The second-order valence-electron chi connectivity index (χ2n) is 5.79. The Morgan fingerprint density at radius 1 is 1.17 bits per heavy atom. The zero-order chi connectivity index (χ0) is 18.2. The Morgan fingerprint density at radius 3 is 2.50 bits per heavy atom. The molecule has 0 bridgehead atoms. The summed E-state index contributed by atoms with van der Waals surface area (Å²) in [5.41, 5.74) is 4.73. The van der Waals surface area contributed by atoms with Crippen molar-refractivity contribution in [3.05, 3.63) is 41.5 Å². The van der Waals surface area contributed by atoms with Gasteiger partial charge in [-0.15, -0.1) is 0 Å². The Kier molecular flexibility index (Phi) is 6.98. The fraction of sp³-hybridized carbons (Fsp3) is 0.353. The molecule has 7 heteroatoms. The topological polar surface area (TPSA) is 93.7 Å². The number of hydrogen-bond acceptors (Lipinski definition) is 5. The molecule has 0 radical (unpaired) electrons. The van der Waals surface area contributed by atoms with Crippen molar-refractivity contribution in [1.29, 1.82) is 0 Å². The number of carbonyl (C=O) groups excluding carboxylic acids is 3. The van der Waals surface area contributed by atoms with Crippen LogP contribution in [0.3, 0.4) is 0 Å². The molecular formula is C17H22N2O5. The molecule has 0 aliphatic rings. The highest BCUT2D eigenvalue weighted by atomic mass is 16.6. The summed E-state index contributed by atoms with van der Waals surface area (Å²) < 4.78 is 9.79. The quantitative estimate of drug-likeness (QED) is 0.501. The zero-order valence-electron chi connectivity index (χ0n) is 14.2. The van der Waals surface area contributed by atoms with Crippen molar-refractivity contribution in [3.8, 4) is 0 Å². The molecule has 130 valence electrons. The van der Waals surface area contributed by atoms with Gasteiger partial charge in [-0.25, -0.2) is 15.0 Å². The fourth-order valence-electron chi connectivity index (χ4n) is 1.62. The van der Waals surface area contributed by atoms with Gasteiger partial charge in [0.2, 0.25) is 0 Å². The van der Waals surface area contributed by atoms with Crippen LogP contribution in [-0.4, -0.2) is 30.2 Å². The monoisotopic (exact) mass is 334 g/mol. The van der Waals surface area contributed by atoms with Gasteiger partial charge in [0, 0.05) is 11.6 Å². The number of hydrogen-bond donors (Lipinski definition) is 2. The van der Waals surface area contributed by atoms with Crippen LogP contribution in [0.4, 0.5) is 4.79 Å². The lowest BCUT2D eigenvalue weighted by Gasteiger charge is -2.19. The molecular weight excluding hydrogens is 312 g/mol. The van der Waals surface area contributed by atoms with Crippen LogP contribution in [0.2, 0.25) is 0 Å². The van der Waals surface area contributed by atoms with E-state index >= 15 is 0 Å². The minimum Gasteiger partial charge on any atom is -0.463 e.